The van der Waals surface area contributed by atoms with Gasteiger partial charge in [-0.15, -0.1) is 0 Å². The minimum absolute atomic E-state index is 0.0702. The first kappa shape index (κ1) is 21.0. The van der Waals surface area contributed by atoms with Gasteiger partial charge in [0.05, 0.1) is 11.1 Å². The quantitative estimate of drug-likeness (QED) is 0.618. The van der Waals surface area contributed by atoms with Gasteiger partial charge in [-0.2, -0.15) is 13.2 Å². The Bertz CT molecular complexity index is 1210. The number of nitrogens with one attached hydrogen (secondary N) is 1. The molecule has 2 aliphatic rings. The Morgan fingerprint density at radius 2 is 1.91 bits per heavy atom. The third-order valence-corrected chi connectivity index (χ3v) is 6.08. The van der Waals surface area contributed by atoms with E-state index in [0.29, 0.717) is 46.8 Å². The fourth-order valence-corrected chi connectivity index (χ4v) is 4.55. The maximum Gasteiger partial charge on any atom is 0.416 e. The molecule has 2 aromatic carbocycles. The number of carbonyl (C=O) groups excluding carboxylic acids is 1. The van der Waals surface area contributed by atoms with E-state index >= 15 is 0 Å². The van der Waals surface area contributed by atoms with Crippen LogP contribution in [0.2, 0.25) is 5.02 Å². The minimum atomic E-state index is -4.45. The fraction of sp³-hybridized carbons (Fsp3) is 0.304. The Kier molecular flexibility index (Phi) is 5.22. The van der Waals surface area contributed by atoms with Crippen LogP contribution < -0.4 is 10.1 Å². The zero-order valence-electron chi connectivity index (χ0n) is 16.9. The molecule has 1 aromatic heterocycles. The first-order chi connectivity index (χ1) is 15.3. The second-order valence-electron chi connectivity index (χ2n) is 7.92. The molecule has 5 nitrogen and oxygen atoms in total. The number of fused-ring (bicyclic) bond motifs is 2. The van der Waals surface area contributed by atoms with Crippen LogP contribution in [-0.4, -0.2) is 48.1 Å². The van der Waals surface area contributed by atoms with E-state index in [1.54, 1.807) is 23.1 Å². The first-order valence-electron chi connectivity index (χ1n) is 10.3. The lowest BCUT2D eigenvalue weighted by molar-refractivity contribution is -0.138. The van der Waals surface area contributed by atoms with Crippen molar-refractivity contribution in [3.8, 4) is 16.9 Å². The maximum atomic E-state index is 13.1. The Morgan fingerprint density at radius 3 is 2.66 bits per heavy atom. The molecule has 0 spiro atoms. The average molecular weight is 462 g/mol. The van der Waals surface area contributed by atoms with Gasteiger partial charge >= 0.3 is 6.18 Å². The summed E-state index contributed by atoms with van der Waals surface area (Å²) in [5, 5.41) is 4.23. The maximum absolute atomic E-state index is 13.1. The highest BCUT2D eigenvalue weighted by molar-refractivity contribution is 6.31. The summed E-state index contributed by atoms with van der Waals surface area (Å²) in [6.07, 6.45) is -3.24. The summed E-state index contributed by atoms with van der Waals surface area (Å²) >= 11 is 6.37. The van der Waals surface area contributed by atoms with Gasteiger partial charge < -0.3 is 15.0 Å². The van der Waals surface area contributed by atoms with Crippen LogP contribution >= 0.6 is 11.6 Å². The van der Waals surface area contributed by atoms with E-state index in [9.17, 15) is 18.0 Å². The number of rotatable bonds is 2. The second kappa shape index (κ2) is 7.94. The van der Waals surface area contributed by atoms with Crippen molar-refractivity contribution < 1.29 is 22.7 Å². The molecule has 0 radical (unpaired) electrons. The van der Waals surface area contributed by atoms with Crippen molar-refractivity contribution in [1.29, 1.82) is 0 Å². The van der Waals surface area contributed by atoms with Crippen molar-refractivity contribution >= 4 is 28.4 Å². The Morgan fingerprint density at radius 1 is 1.12 bits per heavy atom. The van der Waals surface area contributed by atoms with Gasteiger partial charge in [0.25, 0.3) is 5.91 Å². The number of nitrogens with zero attached hydrogens (tertiary/aromatic N) is 2. The number of amides is 1. The van der Waals surface area contributed by atoms with Crippen molar-refractivity contribution in [1.82, 2.24) is 15.2 Å². The lowest BCUT2D eigenvalue weighted by Crippen LogP contribution is -2.50. The van der Waals surface area contributed by atoms with Crippen molar-refractivity contribution in [2.75, 3.05) is 26.2 Å². The first-order valence-corrected chi connectivity index (χ1v) is 10.6. The van der Waals surface area contributed by atoms with E-state index in [0.717, 1.165) is 30.8 Å². The largest absolute Gasteiger partial charge is 0.479 e. The van der Waals surface area contributed by atoms with Gasteiger partial charge in [-0.3, -0.25) is 9.78 Å². The van der Waals surface area contributed by atoms with Crippen LogP contribution in [0.25, 0.3) is 22.0 Å². The molecule has 9 heteroatoms. The molecule has 1 atom stereocenters. The molecule has 32 heavy (non-hydrogen) atoms. The van der Waals surface area contributed by atoms with Crippen LogP contribution in [0.5, 0.6) is 5.75 Å². The highest BCUT2D eigenvalue weighted by Gasteiger charge is 2.35. The number of pyridine rings is 1. The molecule has 1 N–H and O–H groups in total. The van der Waals surface area contributed by atoms with E-state index in [-0.39, 0.29) is 11.4 Å². The smallest absolute Gasteiger partial charge is 0.416 e. The van der Waals surface area contributed by atoms with Gasteiger partial charge in [0.1, 0.15) is 5.75 Å². The Balaban J connectivity index is 1.54. The fourth-order valence-electron chi connectivity index (χ4n) is 4.31. The van der Waals surface area contributed by atoms with E-state index in [1.165, 1.54) is 12.3 Å². The second-order valence-corrected chi connectivity index (χ2v) is 8.35. The molecule has 0 bridgehead atoms. The van der Waals surface area contributed by atoms with Gasteiger partial charge in [0.15, 0.2) is 6.10 Å². The number of aromatic nitrogens is 1. The van der Waals surface area contributed by atoms with Crippen LogP contribution in [-0.2, 0) is 17.4 Å². The van der Waals surface area contributed by atoms with Gasteiger partial charge in [-0.25, -0.2) is 0 Å². The minimum Gasteiger partial charge on any atom is -0.479 e. The summed E-state index contributed by atoms with van der Waals surface area (Å²) in [4.78, 5) is 18.9. The van der Waals surface area contributed by atoms with Crippen LogP contribution in [0, 0.1) is 0 Å². The molecule has 5 rings (SSSR count). The summed E-state index contributed by atoms with van der Waals surface area (Å²) < 4.78 is 45.5. The zero-order valence-corrected chi connectivity index (χ0v) is 17.6. The SMILES string of the molecule is O=C([C@@H]1Cc2cc(Cl)cc(-c3ccnc4cc(C(F)(F)F)ccc34)c2O1)N1CCNCC1. The third kappa shape index (κ3) is 3.78. The molecule has 2 aliphatic heterocycles. The molecule has 0 aliphatic carbocycles. The lowest BCUT2D eigenvalue weighted by Gasteiger charge is -2.29. The number of hydrogen-bond acceptors (Lipinski definition) is 4. The van der Waals surface area contributed by atoms with Crippen molar-refractivity contribution in [2.24, 2.45) is 0 Å². The highest BCUT2D eigenvalue weighted by atomic mass is 35.5. The van der Waals surface area contributed by atoms with E-state index in [2.05, 4.69) is 10.3 Å². The topological polar surface area (TPSA) is 54.5 Å². The molecular formula is C23H19ClF3N3O2. The van der Waals surface area contributed by atoms with E-state index in [4.69, 9.17) is 16.3 Å². The monoisotopic (exact) mass is 461 g/mol. The molecule has 1 fully saturated rings. The highest BCUT2D eigenvalue weighted by Crippen LogP contribution is 2.44. The molecule has 1 amide bonds. The van der Waals surface area contributed by atoms with Crippen molar-refractivity contribution in [3.63, 3.8) is 0 Å². The van der Waals surface area contributed by atoms with Gasteiger partial charge in [-0.05, 0) is 35.9 Å². The average Bonchev–Trinajstić information content (AvgIpc) is 3.21. The number of benzene rings is 2. The Labute approximate surface area is 187 Å². The summed E-state index contributed by atoms with van der Waals surface area (Å²) in [7, 11) is 0. The normalized spacial score (nSPS) is 18.5. The molecule has 0 saturated carbocycles. The van der Waals surface area contributed by atoms with Gasteiger partial charge in [0, 0.05) is 60.3 Å². The number of hydrogen-bond donors (Lipinski definition) is 1. The standard InChI is InChI=1S/C23H19ClF3N3O2/c24-15-9-13-10-20(22(31)30-7-5-28-6-8-30)32-21(13)18(12-15)16-3-4-29-19-11-14(23(25,26)27)1-2-17(16)19/h1-4,9,11-12,20,28H,5-8,10H2/t20-/m0/s1. The van der Waals surface area contributed by atoms with Crippen molar-refractivity contribution in [2.45, 2.75) is 18.7 Å². The number of halogens is 4. The number of ether oxygens (including phenoxy) is 1. The van der Waals surface area contributed by atoms with Crippen LogP contribution in [0.15, 0.2) is 42.6 Å². The Hall–Kier alpha value is -2.84. The third-order valence-electron chi connectivity index (χ3n) is 5.86. The summed E-state index contributed by atoms with van der Waals surface area (Å²) in [6.45, 7) is 2.73. The summed E-state index contributed by atoms with van der Waals surface area (Å²) in [5.74, 6) is 0.467. The van der Waals surface area contributed by atoms with E-state index < -0.39 is 17.8 Å². The molecule has 166 valence electrons. The molecule has 3 heterocycles. The predicted octanol–water partition coefficient (Wildman–Crippen LogP) is 4.31. The zero-order chi connectivity index (χ0) is 22.5. The number of alkyl halides is 3. The van der Waals surface area contributed by atoms with Gasteiger partial charge in [-0.1, -0.05) is 17.7 Å². The molecular weight excluding hydrogens is 443 g/mol. The molecule has 3 aromatic rings. The van der Waals surface area contributed by atoms with Gasteiger partial charge in [0.2, 0.25) is 0 Å². The van der Waals surface area contributed by atoms with Crippen LogP contribution in [0.1, 0.15) is 11.1 Å². The van der Waals surface area contributed by atoms with E-state index in [1.807, 2.05) is 0 Å². The van der Waals surface area contributed by atoms with Crippen molar-refractivity contribution in [3.05, 3.63) is 58.7 Å². The lowest BCUT2D eigenvalue weighted by atomic mass is 9.97. The predicted molar refractivity (Wildman–Crippen MR) is 115 cm³/mol. The summed E-state index contributed by atoms with van der Waals surface area (Å²) in [6, 6.07) is 8.68. The molecule has 0 unspecified atom stereocenters. The number of piperazine rings is 1. The number of carbonyl (C=O) groups is 1. The summed E-state index contributed by atoms with van der Waals surface area (Å²) in [5.41, 5.74) is 1.55. The van der Waals surface area contributed by atoms with Crippen LogP contribution in [0.3, 0.4) is 0 Å². The van der Waals surface area contributed by atoms with Crippen LogP contribution in [0.4, 0.5) is 13.2 Å². The molecule has 1 saturated heterocycles.